The van der Waals surface area contributed by atoms with Crippen LogP contribution in [-0.2, 0) is 10.8 Å². The average molecular weight is 379 g/mol. The Kier molecular flexibility index (Phi) is 3.14. The van der Waals surface area contributed by atoms with Crippen LogP contribution in [0.4, 0.5) is 0 Å². The van der Waals surface area contributed by atoms with Gasteiger partial charge in [-0.2, -0.15) is 0 Å². The molecule has 0 amide bonds. The van der Waals surface area contributed by atoms with Crippen LogP contribution in [0.5, 0.6) is 11.5 Å². The summed E-state index contributed by atoms with van der Waals surface area (Å²) in [5.41, 5.74) is 3.15. The summed E-state index contributed by atoms with van der Waals surface area (Å²) in [5, 5.41) is 21.8. The van der Waals surface area contributed by atoms with E-state index in [-0.39, 0.29) is 16.9 Å². The molecule has 0 aromatic heterocycles. The van der Waals surface area contributed by atoms with Crippen molar-refractivity contribution >= 4 is 0 Å². The third-order valence-electron chi connectivity index (χ3n) is 10.3. The van der Waals surface area contributed by atoms with Gasteiger partial charge in [-0.15, -0.1) is 0 Å². The van der Waals surface area contributed by atoms with Crippen LogP contribution in [0.25, 0.3) is 0 Å². The molecule has 9 rings (SSSR count). The number of hydrogen-bond acceptors (Lipinski definition) is 2. The number of aromatic hydroxyl groups is 2. The Morgan fingerprint density at radius 1 is 0.571 bits per heavy atom. The van der Waals surface area contributed by atoms with Crippen molar-refractivity contribution in [3.8, 4) is 11.5 Å². The third-order valence-corrected chi connectivity index (χ3v) is 10.3. The summed E-state index contributed by atoms with van der Waals surface area (Å²) in [4.78, 5) is 0. The molecule has 8 aliphatic rings. The zero-order valence-electron chi connectivity index (χ0n) is 17.0. The molecular formula is C26H34O2. The van der Waals surface area contributed by atoms with E-state index in [0.29, 0.717) is 5.41 Å². The van der Waals surface area contributed by atoms with Gasteiger partial charge in [0.2, 0.25) is 0 Å². The molecule has 0 spiro atoms. The van der Waals surface area contributed by atoms with Crippen LogP contribution in [-0.4, -0.2) is 10.2 Å². The van der Waals surface area contributed by atoms with Crippen molar-refractivity contribution in [2.45, 2.75) is 87.9 Å². The molecule has 2 nitrogen and oxygen atoms in total. The fraction of sp³-hybridized carbons (Fsp3) is 0.769. The third kappa shape index (κ3) is 2.10. The lowest BCUT2D eigenvalue weighted by Gasteiger charge is -2.60. The van der Waals surface area contributed by atoms with Gasteiger partial charge in [0, 0.05) is 11.0 Å². The minimum atomic E-state index is 0.124. The maximum Gasteiger partial charge on any atom is 0.161 e. The zero-order valence-corrected chi connectivity index (χ0v) is 17.0. The second-order valence-electron chi connectivity index (χ2n) is 12.3. The lowest BCUT2D eigenvalue weighted by atomic mass is 9.44. The molecular weight excluding hydrogens is 344 g/mol. The van der Waals surface area contributed by atoms with Gasteiger partial charge in [-0.25, -0.2) is 0 Å². The fourth-order valence-corrected chi connectivity index (χ4v) is 10.4. The number of rotatable bonds is 2. The first-order valence-electron chi connectivity index (χ1n) is 12.1. The van der Waals surface area contributed by atoms with E-state index in [1.807, 2.05) is 6.07 Å². The van der Waals surface area contributed by atoms with Gasteiger partial charge in [-0.1, -0.05) is 6.07 Å². The van der Waals surface area contributed by atoms with Crippen LogP contribution < -0.4 is 0 Å². The Hall–Kier alpha value is -1.18. The molecule has 0 saturated heterocycles. The number of phenols is 2. The summed E-state index contributed by atoms with van der Waals surface area (Å²) in [5.74, 6) is 5.69. The Balaban J connectivity index is 1.41. The van der Waals surface area contributed by atoms with Gasteiger partial charge in [0.1, 0.15) is 0 Å². The number of benzene rings is 1. The summed E-state index contributed by atoms with van der Waals surface area (Å²) >= 11 is 0. The minimum Gasteiger partial charge on any atom is -0.504 e. The van der Waals surface area contributed by atoms with Gasteiger partial charge < -0.3 is 10.2 Å². The van der Waals surface area contributed by atoms with Gasteiger partial charge in [-0.3, -0.25) is 0 Å². The molecule has 0 radical (unpaired) electrons. The molecule has 0 heterocycles. The Morgan fingerprint density at radius 2 is 0.964 bits per heavy atom. The van der Waals surface area contributed by atoms with Crippen molar-refractivity contribution in [2.75, 3.05) is 0 Å². The van der Waals surface area contributed by atoms with E-state index >= 15 is 0 Å². The van der Waals surface area contributed by atoms with E-state index in [1.165, 1.54) is 88.2 Å². The van der Waals surface area contributed by atoms with Crippen LogP contribution in [0.15, 0.2) is 12.1 Å². The van der Waals surface area contributed by atoms with E-state index in [9.17, 15) is 10.2 Å². The standard InChI is InChI=1S/C26H34O2/c27-22-2-1-21(25-9-15-3-16(10-25)5-17(4-15)11-25)23(24(22)28)26-12-18-6-19(13-26)8-20(7-18)14-26/h1-2,15-20,27-28H,3-14H2. The lowest BCUT2D eigenvalue weighted by Crippen LogP contribution is -2.52. The van der Waals surface area contributed by atoms with Crippen LogP contribution in [0.2, 0.25) is 0 Å². The van der Waals surface area contributed by atoms with Crippen LogP contribution in [0, 0.1) is 35.5 Å². The highest BCUT2D eigenvalue weighted by atomic mass is 16.3. The van der Waals surface area contributed by atoms with Gasteiger partial charge in [0.05, 0.1) is 0 Å². The summed E-state index contributed by atoms with van der Waals surface area (Å²) in [6, 6.07) is 4.07. The maximum atomic E-state index is 11.3. The minimum absolute atomic E-state index is 0.124. The Morgan fingerprint density at radius 3 is 1.39 bits per heavy atom. The van der Waals surface area contributed by atoms with Crippen molar-refractivity contribution in [1.29, 1.82) is 0 Å². The summed E-state index contributed by atoms with van der Waals surface area (Å²) in [7, 11) is 0. The highest BCUT2D eigenvalue weighted by Gasteiger charge is 2.57. The lowest BCUT2D eigenvalue weighted by molar-refractivity contribution is -0.0183. The van der Waals surface area contributed by atoms with E-state index in [1.54, 1.807) is 0 Å². The molecule has 8 fully saturated rings. The van der Waals surface area contributed by atoms with E-state index in [2.05, 4.69) is 6.07 Å². The molecule has 150 valence electrons. The average Bonchev–Trinajstić information content (AvgIpc) is 2.61. The molecule has 8 bridgehead atoms. The number of hydrogen-bond donors (Lipinski definition) is 2. The van der Waals surface area contributed by atoms with Crippen molar-refractivity contribution in [3.63, 3.8) is 0 Å². The SMILES string of the molecule is Oc1ccc(C23CC4CC(CC(C4)C2)C3)c(C23CC4CC(CC(C4)C2)C3)c1O. The fourth-order valence-electron chi connectivity index (χ4n) is 10.4. The van der Waals surface area contributed by atoms with Gasteiger partial charge in [-0.05, 0) is 130 Å². The Labute approximate surface area is 168 Å². The van der Waals surface area contributed by atoms with Crippen molar-refractivity contribution < 1.29 is 10.2 Å². The summed E-state index contributed by atoms with van der Waals surface area (Å²) in [6.07, 6.45) is 16.4. The number of phenolic OH excluding ortho intramolecular Hbond substituents is 2. The molecule has 1 aromatic rings. The largest absolute Gasteiger partial charge is 0.504 e. The molecule has 0 atom stereocenters. The normalized spacial score (nSPS) is 50.4. The molecule has 2 heteroatoms. The first-order valence-corrected chi connectivity index (χ1v) is 12.1. The van der Waals surface area contributed by atoms with Crippen molar-refractivity contribution in [1.82, 2.24) is 0 Å². The second-order valence-corrected chi connectivity index (χ2v) is 12.3. The van der Waals surface area contributed by atoms with Gasteiger partial charge in [0.15, 0.2) is 11.5 Å². The second kappa shape index (κ2) is 5.29. The molecule has 8 aliphatic carbocycles. The van der Waals surface area contributed by atoms with E-state index < -0.39 is 0 Å². The quantitative estimate of drug-likeness (QED) is 0.617. The summed E-state index contributed by atoms with van der Waals surface area (Å²) in [6.45, 7) is 0. The van der Waals surface area contributed by atoms with E-state index in [0.717, 1.165) is 35.5 Å². The zero-order chi connectivity index (χ0) is 18.7. The molecule has 28 heavy (non-hydrogen) atoms. The Bertz CT molecular complexity index is 767. The van der Waals surface area contributed by atoms with Crippen LogP contribution in [0.1, 0.15) is 88.2 Å². The molecule has 1 aromatic carbocycles. The molecule has 0 unspecified atom stereocenters. The first kappa shape index (κ1) is 16.6. The monoisotopic (exact) mass is 378 g/mol. The van der Waals surface area contributed by atoms with Gasteiger partial charge >= 0.3 is 0 Å². The maximum absolute atomic E-state index is 11.3. The van der Waals surface area contributed by atoms with Gasteiger partial charge in [0.25, 0.3) is 0 Å². The predicted molar refractivity (Wildman–Crippen MR) is 109 cm³/mol. The highest BCUT2D eigenvalue weighted by molar-refractivity contribution is 5.56. The molecule has 0 aliphatic heterocycles. The highest BCUT2D eigenvalue weighted by Crippen LogP contribution is 2.67. The molecule has 2 N–H and O–H groups in total. The van der Waals surface area contributed by atoms with E-state index in [4.69, 9.17) is 0 Å². The van der Waals surface area contributed by atoms with Crippen molar-refractivity contribution in [2.24, 2.45) is 35.5 Å². The smallest absolute Gasteiger partial charge is 0.161 e. The summed E-state index contributed by atoms with van der Waals surface area (Å²) < 4.78 is 0. The topological polar surface area (TPSA) is 40.5 Å². The van der Waals surface area contributed by atoms with Crippen molar-refractivity contribution in [3.05, 3.63) is 23.3 Å². The van der Waals surface area contributed by atoms with Crippen LogP contribution >= 0.6 is 0 Å². The predicted octanol–water partition coefficient (Wildman–Crippen LogP) is 6.03. The first-order chi connectivity index (χ1) is 13.5. The molecule has 8 saturated carbocycles. The van der Waals surface area contributed by atoms with Crippen LogP contribution in [0.3, 0.4) is 0 Å².